The van der Waals surface area contributed by atoms with E-state index in [1.54, 1.807) is 6.07 Å². The van der Waals surface area contributed by atoms with Crippen LogP contribution in [-0.4, -0.2) is 19.1 Å². The lowest BCUT2D eigenvalue weighted by Gasteiger charge is -2.36. The maximum absolute atomic E-state index is 14.3. The van der Waals surface area contributed by atoms with Gasteiger partial charge in [-0.05, 0) is 56.7 Å². The second kappa shape index (κ2) is 6.67. The first-order valence-electron chi connectivity index (χ1n) is 8.19. The molecule has 0 aliphatic heterocycles. The van der Waals surface area contributed by atoms with Crippen molar-refractivity contribution >= 4 is 11.4 Å². The summed E-state index contributed by atoms with van der Waals surface area (Å²) < 4.78 is 14.3. The number of halogens is 1. The summed E-state index contributed by atoms with van der Waals surface area (Å²) in [5, 5.41) is 3.56. The van der Waals surface area contributed by atoms with Gasteiger partial charge in [-0.2, -0.15) is 0 Å². The molecule has 1 fully saturated rings. The first-order valence-corrected chi connectivity index (χ1v) is 8.19. The molecule has 1 aromatic carbocycles. The highest BCUT2D eigenvalue weighted by atomic mass is 19.1. The molecular weight excluding hydrogens is 263 g/mol. The molecule has 1 aliphatic rings. The summed E-state index contributed by atoms with van der Waals surface area (Å²) in [6.45, 7) is 8.73. The molecule has 2 unspecified atom stereocenters. The number of anilines is 2. The molecule has 0 bridgehead atoms. The van der Waals surface area contributed by atoms with Gasteiger partial charge in [0, 0.05) is 24.8 Å². The molecule has 1 aromatic rings. The van der Waals surface area contributed by atoms with Crippen molar-refractivity contribution < 1.29 is 4.39 Å². The van der Waals surface area contributed by atoms with E-state index in [4.69, 9.17) is 0 Å². The predicted molar refractivity (Wildman–Crippen MR) is 89.5 cm³/mol. The van der Waals surface area contributed by atoms with Gasteiger partial charge in [0.15, 0.2) is 0 Å². The van der Waals surface area contributed by atoms with Crippen molar-refractivity contribution in [3.05, 3.63) is 24.0 Å². The van der Waals surface area contributed by atoms with Gasteiger partial charge >= 0.3 is 0 Å². The lowest BCUT2D eigenvalue weighted by molar-refractivity contribution is 0.268. The van der Waals surface area contributed by atoms with E-state index >= 15 is 0 Å². The monoisotopic (exact) mass is 292 g/mol. The highest BCUT2D eigenvalue weighted by Gasteiger charge is 2.27. The lowest BCUT2D eigenvalue weighted by atomic mass is 9.78. The summed E-state index contributed by atoms with van der Waals surface area (Å²) in [5.41, 5.74) is 1.57. The molecule has 2 rings (SSSR count). The van der Waals surface area contributed by atoms with Crippen LogP contribution in [0, 0.1) is 17.7 Å². The maximum atomic E-state index is 14.3. The topological polar surface area (TPSA) is 15.3 Å². The Bertz CT molecular complexity index is 462. The standard InChI is InChI=1S/C18H29FN2/c1-12(2)21(5)17-10-9-15(11-16(17)19)20-18-13(3)7-6-8-14(18)4/h9-14,18,20H,6-8H2,1-5H3. The minimum atomic E-state index is -0.146. The molecule has 2 atom stereocenters. The van der Waals surface area contributed by atoms with Crippen molar-refractivity contribution in [2.75, 3.05) is 17.3 Å². The zero-order valence-electron chi connectivity index (χ0n) is 14.0. The van der Waals surface area contributed by atoms with Crippen LogP contribution in [0.1, 0.15) is 47.0 Å². The van der Waals surface area contributed by atoms with Crippen LogP contribution in [0.4, 0.5) is 15.8 Å². The van der Waals surface area contributed by atoms with Crippen molar-refractivity contribution in [3.63, 3.8) is 0 Å². The van der Waals surface area contributed by atoms with Crippen LogP contribution in [-0.2, 0) is 0 Å². The Labute approximate surface area is 128 Å². The van der Waals surface area contributed by atoms with E-state index < -0.39 is 0 Å². The largest absolute Gasteiger partial charge is 0.382 e. The Morgan fingerprint density at radius 1 is 1.19 bits per heavy atom. The first-order chi connectivity index (χ1) is 9.90. The number of benzene rings is 1. The minimum Gasteiger partial charge on any atom is -0.382 e. The maximum Gasteiger partial charge on any atom is 0.148 e. The van der Waals surface area contributed by atoms with Crippen molar-refractivity contribution in [2.24, 2.45) is 11.8 Å². The van der Waals surface area contributed by atoms with Crippen LogP contribution < -0.4 is 10.2 Å². The molecule has 0 aromatic heterocycles. The molecule has 1 aliphatic carbocycles. The zero-order chi connectivity index (χ0) is 15.6. The van der Waals surface area contributed by atoms with Crippen LogP contribution >= 0.6 is 0 Å². The van der Waals surface area contributed by atoms with Crippen LogP contribution in [0.5, 0.6) is 0 Å². The number of hydrogen-bond donors (Lipinski definition) is 1. The zero-order valence-corrected chi connectivity index (χ0v) is 14.0. The Kier molecular flexibility index (Phi) is 5.13. The SMILES string of the molecule is CC1CCCC(C)C1Nc1ccc(N(C)C(C)C)c(F)c1. The lowest BCUT2D eigenvalue weighted by Crippen LogP contribution is -2.37. The Morgan fingerprint density at radius 3 is 2.33 bits per heavy atom. The summed E-state index contributed by atoms with van der Waals surface area (Å²) in [6.07, 6.45) is 3.84. The molecule has 0 radical (unpaired) electrons. The van der Waals surface area contributed by atoms with Crippen LogP contribution in [0.3, 0.4) is 0 Å². The second-order valence-corrected chi connectivity index (χ2v) is 6.93. The normalized spacial score (nSPS) is 26.0. The van der Waals surface area contributed by atoms with E-state index in [9.17, 15) is 4.39 Å². The fraction of sp³-hybridized carbons (Fsp3) is 0.667. The fourth-order valence-electron chi connectivity index (χ4n) is 3.32. The van der Waals surface area contributed by atoms with Gasteiger partial charge in [0.25, 0.3) is 0 Å². The summed E-state index contributed by atoms with van der Waals surface area (Å²) >= 11 is 0. The number of nitrogens with one attached hydrogen (secondary N) is 1. The van der Waals surface area contributed by atoms with E-state index in [1.165, 1.54) is 19.3 Å². The summed E-state index contributed by atoms with van der Waals surface area (Å²) in [6, 6.07) is 6.27. The Balaban J connectivity index is 2.13. The molecule has 2 nitrogen and oxygen atoms in total. The fourth-order valence-corrected chi connectivity index (χ4v) is 3.32. The highest BCUT2D eigenvalue weighted by Crippen LogP contribution is 2.32. The molecular formula is C18H29FN2. The van der Waals surface area contributed by atoms with E-state index in [0.29, 0.717) is 23.6 Å². The van der Waals surface area contributed by atoms with Gasteiger partial charge in [-0.15, -0.1) is 0 Å². The van der Waals surface area contributed by atoms with Crippen LogP contribution in [0.25, 0.3) is 0 Å². The van der Waals surface area contributed by atoms with Crippen molar-refractivity contribution in [1.29, 1.82) is 0 Å². The van der Waals surface area contributed by atoms with E-state index in [-0.39, 0.29) is 11.9 Å². The summed E-state index contributed by atoms with van der Waals surface area (Å²) in [5.74, 6) is 1.15. The summed E-state index contributed by atoms with van der Waals surface area (Å²) in [7, 11) is 1.93. The predicted octanol–water partition coefficient (Wildman–Crippen LogP) is 4.91. The van der Waals surface area contributed by atoms with Crippen molar-refractivity contribution in [3.8, 4) is 0 Å². The van der Waals surface area contributed by atoms with Crippen LogP contribution in [0.2, 0.25) is 0 Å². The number of rotatable bonds is 4. The van der Waals surface area contributed by atoms with Gasteiger partial charge in [0.05, 0.1) is 5.69 Å². The second-order valence-electron chi connectivity index (χ2n) is 6.93. The third kappa shape index (κ3) is 3.69. The summed E-state index contributed by atoms with van der Waals surface area (Å²) in [4.78, 5) is 1.96. The van der Waals surface area contributed by atoms with E-state index in [1.807, 2.05) is 24.1 Å². The van der Waals surface area contributed by atoms with Crippen molar-refractivity contribution in [2.45, 2.75) is 59.0 Å². The average molecular weight is 292 g/mol. The Morgan fingerprint density at radius 2 is 1.81 bits per heavy atom. The third-order valence-electron chi connectivity index (χ3n) is 4.98. The van der Waals surface area contributed by atoms with Gasteiger partial charge in [-0.1, -0.05) is 20.3 Å². The third-order valence-corrected chi connectivity index (χ3v) is 4.98. The van der Waals surface area contributed by atoms with Gasteiger partial charge in [0.2, 0.25) is 0 Å². The molecule has 1 N–H and O–H groups in total. The van der Waals surface area contributed by atoms with Gasteiger partial charge in [-0.25, -0.2) is 4.39 Å². The Hall–Kier alpha value is -1.25. The minimum absolute atomic E-state index is 0.146. The smallest absolute Gasteiger partial charge is 0.148 e. The quantitative estimate of drug-likeness (QED) is 0.848. The van der Waals surface area contributed by atoms with E-state index in [0.717, 1.165) is 5.69 Å². The van der Waals surface area contributed by atoms with Crippen LogP contribution in [0.15, 0.2) is 18.2 Å². The molecule has 21 heavy (non-hydrogen) atoms. The molecule has 118 valence electrons. The number of hydrogen-bond acceptors (Lipinski definition) is 2. The molecule has 1 saturated carbocycles. The van der Waals surface area contributed by atoms with Gasteiger partial charge < -0.3 is 10.2 Å². The molecule has 0 amide bonds. The molecule has 0 heterocycles. The first kappa shape index (κ1) is 16.1. The van der Waals surface area contributed by atoms with Crippen molar-refractivity contribution in [1.82, 2.24) is 0 Å². The molecule has 3 heteroatoms. The van der Waals surface area contributed by atoms with Gasteiger partial charge in [0.1, 0.15) is 5.82 Å². The molecule has 0 spiro atoms. The van der Waals surface area contributed by atoms with E-state index in [2.05, 4.69) is 33.0 Å². The molecule has 0 saturated heterocycles. The number of nitrogens with zero attached hydrogens (tertiary/aromatic N) is 1. The highest BCUT2D eigenvalue weighted by molar-refractivity contribution is 5.56. The average Bonchev–Trinajstić information content (AvgIpc) is 2.42. The van der Waals surface area contributed by atoms with Gasteiger partial charge in [-0.3, -0.25) is 0 Å².